The maximum Gasteiger partial charge on any atom is 0.198 e. The summed E-state index contributed by atoms with van der Waals surface area (Å²) in [7, 11) is 0. The molecule has 0 N–H and O–H groups in total. The summed E-state index contributed by atoms with van der Waals surface area (Å²) < 4.78 is 11.3. The summed E-state index contributed by atoms with van der Waals surface area (Å²) in [6.07, 6.45) is 0.930. The van der Waals surface area contributed by atoms with Gasteiger partial charge in [-0.25, -0.2) is 4.98 Å². The van der Waals surface area contributed by atoms with Gasteiger partial charge in [0.25, 0.3) is 0 Å². The number of rotatable bonds is 1. The Morgan fingerprint density at radius 2 is 2.20 bits per heavy atom. The van der Waals surface area contributed by atoms with Gasteiger partial charge in [0, 0.05) is 17.9 Å². The van der Waals surface area contributed by atoms with Crippen molar-refractivity contribution in [1.29, 1.82) is 0 Å². The summed E-state index contributed by atoms with van der Waals surface area (Å²) in [6.45, 7) is 4.93. The van der Waals surface area contributed by atoms with Crippen molar-refractivity contribution < 1.29 is 9.15 Å². The van der Waals surface area contributed by atoms with E-state index in [0.29, 0.717) is 5.92 Å². The molecule has 0 saturated carbocycles. The maximum atomic E-state index is 5.78. The molecule has 0 saturated heterocycles. The van der Waals surface area contributed by atoms with Crippen LogP contribution >= 0.6 is 0 Å². The second kappa shape index (κ2) is 2.99. The summed E-state index contributed by atoms with van der Waals surface area (Å²) in [5.41, 5.74) is 3.03. The Kier molecular flexibility index (Phi) is 1.75. The fourth-order valence-electron chi connectivity index (χ4n) is 1.93. The molecule has 3 nitrogen and oxygen atoms in total. The average Bonchev–Trinajstić information content (AvgIpc) is 2.82. The Morgan fingerprint density at radius 3 is 3.00 bits per heavy atom. The molecule has 0 aliphatic carbocycles. The van der Waals surface area contributed by atoms with E-state index in [1.165, 1.54) is 5.56 Å². The number of fused-ring (bicyclic) bond motifs is 3. The molecular formula is C12H13NO2. The van der Waals surface area contributed by atoms with Crippen molar-refractivity contribution in [3.05, 3.63) is 23.6 Å². The van der Waals surface area contributed by atoms with Gasteiger partial charge in [-0.2, -0.15) is 0 Å². The summed E-state index contributed by atoms with van der Waals surface area (Å²) in [5.74, 6) is 2.09. The highest BCUT2D eigenvalue weighted by Crippen LogP contribution is 2.33. The third kappa shape index (κ3) is 1.23. The van der Waals surface area contributed by atoms with Crippen molar-refractivity contribution in [3.8, 4) is 5.75 Å². The van der Waals surface area contributed by atoms with Crippen molar-refractivity contribution in [2.75, 3.05) is 6.61 Å². The van der Waals surface area contributed by atoms with Crippen LogP contribution in [0.15, 0.2) is 16.5 Å². The first-order chi connectivity index (χ1) is 7.25. The maximum absolute atomic E-state index is 5.78. The van der Waals surface area contributed by atoms with Crippen molar-refractivity contribution >= 4 is 11.1 Å². The van der Waals surface area contributed by atoms with Crippen LogP contribution < -0.4 is 4.74 Å². The van der Waals surface area contributed by atoms with Crippen LogP contribution in [0.2, 0.25) is 0 Å². The molecule has 2 heterocycles. The lowest BCUT2D eigenvalue weighted by Gasteiger charge is -1.97. The zero-order valence-corrected chi connectivity index (χ0v) is 8.91. The van der Waals surface area contributed by atoms with Crippen LogP contribution in [0.25, 0.3) is 11.1 Å². The number of ether oxygens (including phenoxy) is 1. The molecule has 3 rings (SSSR count). The fraction of sp³-hybridized carbons (Fsp3) is 0.417. The van der Waals surface area contributed by atoms with E-state index in [0.717, 1.165) is 35.8 Å². The normalized spacial score (nSPS) is 14.6. The lowest BCUT2D eigenvalue weighted by molar-refractivity contribution is 0.357. The number of nitrogens with zero attached hydrogens (tertiary/aromatic N) is 1. The fourth-order valence-corrected chi connectivity index (χ4v) is 1.93. The van der Waals surface area contributed by atoms with E-state index in [9.17, 15) is 0 Å². The summed E-state index contributed by atoms with van der Waals surface area (Å²) >= 11 is 0. The van der Waals surface area contributed by atoms with Crippen molar-refractivity contribution in [1.82, 2.24) is 4.98 Å². The average molecular weight is 203 g/mol. The SMILES string of the molecule is CC(C)c1nc2ccc3c(c2o1)CCO3. The molecule has 0 spiro atoms. The minimum atomic E-state index is 0.329. The summed E-state index contributed by atoms with van der Waals surface area (Å²) in [6, 6.07) is 3.95. The smallest absolute Gasteiger partial charge is 0.198 e. The molecule has 2 aromatic rings. The van der Waals surface area contributed by atoms with Gasteiger partial charge in [0.05, 0.1) is 6.61 Å². The highest BCUT2D eigenvalue weighted by atomic mass is 16.5. The van der Waals surface area contributed by atoms with E-state index in [4.69, 9.17) is 9.15 Å². The predicted octanol–water partition coefficient (Wildman–Crippen LogP) is 2.89. The molecule has 0 amide bonds. The molecule has 0 unspecified atom stereocenters. The largest absolute Gasteiger partial charge is 0.493 e. The van der Waals surface area contributed by atoms with Gasteiger partial charge in [-0.15, -0.1) is 0 Å². The molecule has 1 aliphatic heterocycles. The Morgan fingerprint density at radius 1 is 1.33 bits per heavy atom. The van der Waals surface area contributed by atoms with Gasteiger partial charge >= 0.3 is 0 Å². The standard InChI is InChI=1S/C12H13NO2/c1-7(2)12-13-9-3-4-10-8(5-6-14-10)11(9)15-12/h3-4,7H,5-6H2,1-2H3. The van der Waals surface area contributed by atoms with Crippen LogP contribution in [-0.4, -0.2) is 11.6 Å². The quantitative estimate of drug-likeness (QED) is 0.714. The van der Waals surface area contributed by atoms with Gasteiger partial charge in [-0.1, -0.05) is 13.8 Å². The van der Waals surface area contributed by atoms with E-state index in [1.54, 1.807) is 0 Å². The van der Waals surface area contributed by atoms with Crippen LogP contribution in [0.4, 0.5) is 0 Å². The van der Waals surface area contributed by atoms with Gasteiger partial charge in [0.15, 0.2) is 11.5 Å². The monoisotopic (exact) mass is 203 g/mol. The Balaban J connectivity index is 2.27. The third-order valence-electron chi connectivity index (χ3n) is 2.74. The first-order valence-corrected chi connectivity index (χ1v) is 5.31. The number of hydrogen-bond donors (Lipinski definition) is 0. The Bertz CT molecular complexity index is 514. The van der Waals surface area contributed by atoms with Crippen LogP contribution in [0.3, 0.4) is 0 Å². The van der Waals surface area contributed by atoms with Gasteiger partial charge in [-0.05, 0) is 12.1 Å². The molecule has 15 heavy (non-hydrogen) atoms. The molecule has 0 bridgehead atoms. The Labute approximate surface area is 88.1 Å². The topological polar surface area (TPSA) is 35.3 Å². The van der Waals surface area contributed by atoms with Crippen LogP contribution in [0.1, 0.15) is 31.2 Å². The lowest BCUT2D eigenvalue weighted by atomic mass is 10.1. The van der Waals surface area contributed by atoms with Crippen LogP contribution in [-0.2, 0) is 6.42 Å². The lowest BCUT2D eigenvalue weighted by Crippen LogP contribution is -1.86. The molecular weight excluding hydrogens is 190 g/mol. The predicted molar refractivity (Wildman–Crippen MR) is 57.3 cm³/mol. The van der Waals surface area contributed by atoms with Crippen molar-refractivity contribution in [2.24, 2.45) is 0 Å². The molecule has 0 radical (unpaired) electrons. The highest BCUT2D eigenvalue weighted by Gasteiger charge is 2.20. The first kappa shape index (κ1) is 8.77. The molecule has 3 heteroatoms. The minimum absolute atomic E-state index is 0.329. The Hall–Kier alpha value is -1.51. The van der Waals surface area contributed by atoms with Gasteiger partial charge in [0.2, 0.25) is 0 Å². The molecule has 1 aromatic heterocycles. The number of aromatic nitrogens is 1. The van der Waals surface area contributed by atoms with Gasteiger partial charge in [0.1, 0.15) is 11.3 Å². The zero-order chi connectivity index (χ0) is 10.4. The van der Waals surface area contributed by atoms with E-state index in [2.05, 4.69) is 18.8 Å². The molecule has 1 aliphatic rings. The zero-order valence-electron chi connectivity index (χ0n) is 8.91. The van der Waals surface area contributed by atoms with Gasteiger partial charge < -0.3 is 9.15 Å². The van der Waals surface area contributed by atoms with E-state index in [-0.39, 0.29) is 0 Å². The molecule has 0 fully saturated rings. The third-order valence-corrected chi connectivity index (χ3v) is 2.74. The molecule has 0 atom stereocenters. The van der Waals surface area contributed by atoms with Gasteiger partial charge in [-0.3, -0.25) is 0 Å². The van der Waals surface area contributed by atoms with E-state index >= 15 is 0 Å². The minimum Gasteiger partial charge on any atom is -0.493 e. The number of benzene rings is 1. The molecule has 1 aromatic carbocycles. The van der Waals surface area contributed by atoms with Crippen molar-refractivity contribution in [2.45, 2.75) is 26.2 Å². The second-order valence-electron chi connectivity index (χ2n) is 4.20. The summed E-state index contributed by atoms with van der Waals surface area (Å²) in [5, 5.41) is 0. The van der Waals surface area contributed by atoms with Crippen molar-refractivity contribution in [3.63, 3.8) is 0 Å². The second-order valence-corrected chi connectivity index (χ2v) is 4.20. The van der Waals surface area contributed by atoms with Crippen LogP contribution in [0, 0.1) is 0 Å². The van der Waals surface area contributed by atoms with E-state index in [1.807, 2.05) is 12.1 Å². The first-order valence-electron chi connectivity index (χ1n) is 5.31. The van der Waals surface area contributed by atoms with Crippen LogP contribution in [0.5, 0.6) is 5.75 Å². The number of oxazole rings is 1. The summed E-state index contributed by atoms with van der Waals surface area (Å²) in [4.78, 5) is 4.47. The molecule has 78 valence electrons. The van der Waals surface area contributed by atoms with E-state index < -0.39 is 0 Å². The number of hydrogen-bond acceptors (Lipinski definition) is 3. The highest BCUT2D eigenvalue weighted by molar-refractivity contribution is 5.79.